The second-order valence-electron chi connectivity index (χ2n) is 4.39. The third kappa shape index (κ3) is 6.23. The molecule has 0 aliphatic carbocycles. The standard InChI is InChI=1S/C13H19N3O.2ClH/c17-13(11-4-8-14-9-5-11)16-10-6-12-3-1-2-7-15-12;;/h1-3,7,11,14H,4-6,8-10H2,(H,16,17);2*1H. The maximum atomic E-state index is 11.8. The van der Waals surface area contributed by atoms with Crippen LogP contribution >= 0.6 is 24.8 Å². The van der Waals surface area contributed by atoms with Crippen LogP contribution in [0.3, 0.4) is 0 Å². The average molecular weight is 306 g/mol. The van der Waals surface area contributed by atoms with Gasteiger partial charge in [-0.15, -0.1) is 24.8 Å². The van der Waals surface area contributed by atoms with Crippen LogP contribution in [0, 0.1) is 5.92 Å². The fourth-order valence-electron chi connectivity index (χ4n) is 2.09. The fourth-order valence-corrected chi connectivity index (χ4v) is 2.09. The van der Waals surface area contributed by atoms with Gasteiger partial charge in [-0.1, -0.05) is 6.07 Å². The van der Waals surface area contributed by atoms with Gasteiger partial charge in [-0.05, 0) is 38.1 Å². The number of halogens is 2. The quantitative estimate of drug-likeness (QED) is 0.888. The number of pyridine rings is 1. The first-order chi connectivity index (χ1) is 8.36. The summed E-state index contributed by atoms with van der Waals surface area (Å²) in [7, 11) is 0. The minimum atomic E-state index is 0. The van der Waals surface area contributed by atoms with Crippen molar-refractivity contribution in [2.75, 3.05) is 19.6 Å². The summed E-state index contributed by atoms with van der Waals surface area (Å²) in [6, 6.07) is 5.85. The Morgan fingerprint density at radius 1 is 1.32 bits per heavy atom. The molecule has 4 nitrogen and oxygen atoms in total. The van der Waals surface area contributed by atoms with Crippen molar-refractivity contribution < 1.29 is 4.79 Å². The van der Waals surface area contributed by atoms with Crippen LogP contribution < -0.4 is 10.6 Å². The molecule has 0 unspecified atom stereocenters. The van der Waals surface area contributed by atoms with Gasteiger partial charge in [0.05, 0.1) is 0 Å². The minimum absolute atomic E-state index is 0. The highest BCUT2D eigenvalue weighted by atomic mass is 35.5. The topological polar surface area (TPSA) is 54.0 Å². The van der Waals surface area contributed by atoms with Crippen molar-refractivity contribution >= 4 is 30.7 Å². The van der Waals surface area contributed by atoms with Gasteiger partial charge >= 0.3 is 0 Å². The molecule has 6 heteroatoms. The Morgan fingerprint density at radius 2 is 2.05 bits per heavy atom. The van der Waals surface area contributed by atoms with Crippen LogP contribution in [-0.4, -0.2) is 30.5 Å². The molecule has 1 aliphatic heterocycles. The van der Waals surface area contributed by atoms with E-state index in [0.29, 0.717) is 6.54 Å². The molecule has 1 fully saturated rings. The van der Waals surface area contributed by atoms with Crippen molar-refractivity contribution in [3.05, 3.63) is 30.1 Å². The lowest BCUT2D eigenvalue weighted by molar-refractivity contribution is -0.125. The molecule has 0 atom stereocenters. The molecule has 0 aromatic carbocycles. The number of carbonyl (C=O) groups excluding carboxylic acids is 1. The lowest BCUT2D eigenvalue weighted by Crippen LogP contribution is -2.38. The van der Waals surface area contributed by atoms with Crippen molar-refractivity contribution in [2.24, 2.45) is 5.92 Å². The zero-order valence-electron chi connectivity index (χ0n) is 10.8. The predicted octanol–water partition coefficient (Wildman–Crippen LogP) is 1.58. The van der Waals surface area contributed by atoms with E-state index in [0.717, 1.165) is 38.0 Å². The van der Waals surface area contributed by atoms with E-state index in [4.69, 9.17) is 0 Å². The number of aromatic nitrogens is 1. The van der Waals surface area contributed by atoms with Gasteiger partial charge in [-0.25, -0.2) is 0 Å². The Kier molecular flexibility index (Phi) is 9.57. The maximum absolute atomic E-state index is 11.8. The minimum Gasteiger partial charge on any atom is -0.355 e. The maximum Gasteiger partial charge on any atom is 0.223 e. The van der Waals surface area contributed by atoms with E-state index >= 15 is 0 Å². The molecule has 2 N–H and O–H groups in total. The van der Waals surface area contributed by atoms with Gasteiger partial charge < -0.3 is 10.6 Å². The summed E-state index contributed by atoms with van der Waals surface area (Å²) in [6.07, 6.45) is 4.49. The fraction of sp³-hybridized carbons (Fsp3) is 0.538. The van der Waals surface area contributed by atoms with E-state index in [2.05, 4.69) is 15.6 Å². The van der Waals surface area contributed by atoms with E-state index in [-0.39, 0.29) is 36.6 Å². The molecule has 19 heavy (non-hydrogen) atoms. The molecule has 1 amide bonds. The molecular formula is C13H21Cl2N3O. The van der Waals surface area contributed by atoms with Gasteiger partial charge in [0, 0.05) is 30.8 Å². The van der Waals surface area contributed by atoms with Crippen molar-refractivity contribution in [1.82, 2.24) is 15.6 Å². The average Bonchev–Trinajstić information content (AvgIpc) is 2.41. The molecule has 1 aromatic heterocycles. The first kappa shape index (κ1) is 18.2. The molecule has 0 spiro atoms. The Balaban J connectivity index is 0.00000162. The number of hydrogen-bond donors (Lipinski definition) is 2. The number of amides is 1. The third-order valence-electron chi connectivity index (χ3n) is 3.12. The molecule has 1 aliphatic rings. The molecule has 0 saturated carbocycles. The Labute approximate surface area is 126 Å². The third-order valence-corrected chi connectivity index (χ3v) is 3.12. The Morgan fingerprint density at radius 3 is 2.68 bits per heavy atom. The summed E-state index contributed by atoms with van der Waals surface area (Å²) in [5.41, 5.74) is 1.03. The van der Waals surface area contributed by atoms with Crippen LogP contribution in [0.2, 0.25) is 0 Å². The highest BCUT2D eigenvalue weighted by molar-refractivity contribution is 5.85. The molecule has 1 aromatic rings. The lowest BCUT2D eigenvalue weighted by atomic mass is 9.97. The molecule has 0 radical (unpaired) electrons. The molecule has 108 valence electrons. The molecule has 0 bridgehead atoms. The second kappa shape index (κ2) is 10.0. The lowest BCUT2D eigenvalue weighted by Gasteiger charge is -2.21. The first-order valence-corrected chi connectivity index (χ1v) is 6.24. The van der Waals surface area contributed by atoms with Crippen molar-refractivity contribution in [1.29, 1.82) is 0 Å². The monoisotopic (exact) mass is 305 g/mol. The van der Waals surface area contributed by atoms with Gasteiger partial charge in [0.1, 0.15) is 0 Å². The largest absolute Gasteiger partial charge is 0.355 e. The zero-order valence-corrected chi connectivity index (χ0v) is 12.4. The molecule has 2 rings (SSSR count). The smallest absolute Gasteiger partial charge is 0.223 e. The molecule has 1 saturated heterocycles. The zero-order chi connectivity index (χ0) is 11.9. The summed E-state index contributed by atoms with van der Waals surface area (Å²) in [5.74, 6) is 0.391. The van der Waals surface area contributed by atoms with Gasteiger partial charge in [-0.2, -0.15) is 0 Å². The van der Waals surface area contributed by atoms with Gasteiger partial charge in [-0.3, -0.25) is 9.78 Å². The number of nitrogens with zero attached hydrogens (tertiary/aromatic N) is 1. The predicted molar refractivity (Wildman–Crippen MR) is 81.0 cm³/mol. The van der Waals surface area contributed by atoms with Crippen LogP contribution in [0.5, 0.6) is 0 Å². The van der Waals surface area contributed by atoms with Crippen molar-refractivity contribution in [2.45, 2.75) is 19.3 Å². The SMILES string of the molecule is Cl.Cl.O=C(NCCc1ccccn1)C1CCNCC1. The van der Waals surface area contributed by atoms with Crippen LogP contribution in [0.15, 0.2) is 24.4 Å². The Hall–Kier alpha value is -0.840. The van der Waals surface area contributed by atoms with Crippen LogP contribution in [0.4, 0.5) is 0 Å². The van der Waals surface area contributed by atoms with Crippen LogP contribution in [0.1, 0.15) is 18.5 Å². The highest BCUT2D eigenvalue weighted by Crippen LogP contribution is 2.11. The van der Waals surface area contributed by atoms with Gasteiger partial charge in [0.15, 0.2) is 0 Å². The summed E-state index contributed by atoms with van der Waals surface area (Å²) in [4.78, 5) is 16.1. The van der Waals surface area contributed by atoms with Gasteiger partial charge in [0.25, 0.3) is 0 Å². The highest BCUT2D eigenvalue weighted by Gasteiger charge is 2.19. The van der Waals surface area contributed by atoms with Crippen molar-refractivity contribution in [3.63, 3.8) is 0 Å². The summed E-state index contributed by atoms with van der Waals surface area (Å²) in [6.45, 7) is 2.59. The number of hydrogen-bond acceptors (Lipinski definition) is 3. The first-order valence-electron chi connectivity index (χ1n) is 6.24. The van der Waals surface area contributed by atoms with Gasteiger partial charge in [0.2, 0.25) is 5.91 Å². The normalized spacial score (nSPS) is 14.9. The van der Waals surface area contributed by atoms with E-state index in [1.807, 2.05) is 18.2 Å². The molecular weight excluding hydrogens is 285 g/mol. The van der Waals surface area contributed by atoms with E-state index in [1.54, 1.807) is 6.20 Å². The van der Waals surface area contributed by atoms with Crippen LogP contribution in [0.25, 0.3) is 0 Å². The number of rotatable bonds is 4. The van der Waals surface area contributed by atoms with E-state index in [1.165, 1.54) is 0 Å². The summed E-state index contributed by atoms with van der Waals surface area (Å²) < 4.78 is 0. The summed E-state index contributed by atoms with van der Waals surface area (Å²) >= 11 is 0. The summed E-state index contributed by atoms with van der Waals surface area (Å²) in [5, 5.41) is 6.26. The van der Waals surface area contributed by atoms with E-state index < -0.39 is 0 Å². The van der Waals surface area contributed by atoms with E-state index in [9.17, 15) is 4.79 Å². The van der Waals surface area contributed by atoms with Crippen molar-refractivity contribution in [3.8, 4) is 0 Å². The molecule has 2 heterocycles. The number of nitrogens with one attached hydrogen (secondary N) is 2. The second-order valence-corrected chi connectivity index (χ2v) is 4.39. The number of piperidine rings is 1. The van der Waals surface area contributed by atoms with Crippen LogP contribution in [-0.2, 0) is 11.2 Å². The Bertz CT molecular complexity index is 356. The number of carbonyl (C=O) groups is 1.